The average molecular weight is 298 g/mol. The monoisotopic (exact) mass is 297 g/mol. The second-order valence-corrected chi connectivity index (χ2v) is 5.67. The molecule has 1 saturated heterocycles. The van der Waals surface area contributed by atoms with Crippen LogP contribution in [0.5, 0.6) is 5.75 Å². The summed E-state index contributed by atoms with van der Waals surface area (Å²) in [5, 5.41) is 3.43. The molecule has 1 heterocycles. The molecule has 0 amide bonds. The third-order valence-electron chi connectivity index (χ3n) is 3.70. The fourth-order valence-corrected chi connectivity index (χ4v) is 3.12. The van der Waals surface area contributed by atoms with Crippen LogP contribution in [0.15, 0.2) is 10.5 Å². The van der Waals surface area contributed by atoms with E-state index in [-0.39, 0.29) is 0 Å². The topological polar surface area (TPSA) is 21.3 Å². The SMILES string of the molecule is COc1cc(C)c(CC2CCNC2)c(C)c1Br. The molecule has 1 N–H and O–H groups in total. The molecular weight excluding hydrogens is 278 g/mol. The van der Waals surface area contributed by atoms with Gasteiger partial charge in [0.15, 0.2) is 0 Å². The van der Waals surface area contributed by atoms with Crippen molar-refractivity contribution in [1.82, 2.24) is 5.32 Å². The molecule has 3 heteroatoms. The maximum absolute atomic E-state index is 5.37. The number of hydrogen-bond acceptors (Lipinski definition) is 2. The summed E-state index contributed by atoms with van der Waals surface area (Å²) in [6.45, 7) is 6.68. The van der Waals surface area contributed by atoms with Gasteiger partial charge in [-0.25, -0.2) is 0 Å². The lowest BCUT2D eigenvalue weighted by Gasteiger charge is -2.17. The fraction of sp³-hybridized carbons (Fsp3) is 0.571. The van der Waals surface area contributed by atoms with Crippen molar-refractivity contribution in [3.8, 4) is 5.75 Å². The maximum Gasteiger partial charge on any atom is 0.133 e. The predicted octanol–water partition coefficient (Wildman–Crippen LogP) is 3.23. The first kappa shape index (κ1) is 12.9. The average Bonchev–Trinajstić information content (AvgIpc) is 2.82. The minimum atomic E-state index is 0.785. The summed E-state index contributed by atoms with van der Waals surface area (Å²) < 4.78 is 6.48. The lowest BCUT2D eigenvalue weighted by molar-refractivity contribution is 0.411. The van der Waals surface area contributed by atoms with Gasteiger partial charge in [-0.05, 0) is 84.4 Å². The molecule has 2 nitrogen and oxygen atoms in total. The van der Waals surface area contributed by atoms with Crippen molar-refractivity contribution < 1.29 is 4.74 Å². The summed E-state index contributed by atoms with van der Waals surface area (Å²) in [7, 11) is 1.72. The Labute approximate surface area is 112 Å². The number of halogens is 1. The maximum atomic E-state index is 5.37. The number of aryl methyl sites for hydroxylation is 1. The van der Waals surface area contributed by atoms with E-state index in [1.807, 2.05) is 0 Å². The summed E-state index contributed by atoms with van der Waals surface area (Å²) >= 11 is 3.63. The normalized spacial score (nSPS) is 19.6. The van der Waals surface area contributed by atoms with Gasteiger partial charge in [0.2, 0.25) is 0 Å². The molecule has 1 aliphatic heterocycles. The van der Waals surface area contributed by atoms with Crippen LogP contribution in [0.3, 0.4) is 0 Å². The van der Waals surface area contributed by atoms with Crippen LogP contribution in [0, 0.1) is 19.8 Å². The quantitative estimate of drug-likeness (QED) is 0.925. The number of methoxy groups -OCH3 is 1. The Balaban J connectivity index is 2.29. The smallest absolute Gasteiger partial charge is 0.133 e. The first-order chi connectivity index (χ1) is 8.13. The Morgan fingerprint density at radius 3 is 2.82 bits per heavy atom. The molecule has 0 bridgehead atoms. The fourth-order valence-electron chi connectivity index (χ4n) is 2.60. The van der Waals surface area contributed by atoms with Crippen molar-refractivity contribution >= 4 is 15.9 Å². The van der Waals surface area contributed by atoms with Gasteiger partial charge in [0.25, 0.3) is 0 Å². The third kappa shape index (κ3) is 2.66. The molecule has 1 atom stereocenters. The van der Waals surface area contributed by atoms with Crippen LogP contribution in [0.1, 0.15) is 23.1 Å². The van der Waals surface area contributed by atoms with E-state index in [9.17, 15) is 0 Å². The number of rotatable bonds is 3. The first-order valence-corrected chi connectivity index (χ1v) is 6.96. The number of benzene rings is 1. The second-order valence-electron chi connectivity index (χ2n) is 4.88. The number of nitrogens with one attached hydrogen (secondary N) is 1. The summed E-state index contributed by atoms with van der Waals surface area (Å²) in [5.41, 5.74) is 4.15. The van der Waals surface area contributed by atoms with E-state index < -0.39 is 0 Å². The predicted molar refractivity (Wildman–Crippen MR) is 74.8 cm³/mol. The summed E-state index contributed by atoms with van der Waals surface area (Å²) in [6, 6.07) is 2.13. The van der Waals surface area contributed by atoms with Gasteiger partial charge in [-0.1, -0.05) is 0 Å². The van der Waals surface area contributed by atoms with Crippen LogP contribution in [-0.2, 0) is 6.42 Å². The van der Waals surface area contributed by atoms with Gasteiger partial charge in [0, 0.05) is 0 Å². The van der Waals surface area contributed by atoms with Gasteiger partial charge in [-0.2, -0.15) is 0 Å². The van der Waals surface area contributed by atoms with Crippen LogP contribution in [-0.4, -0.2) is 20.2 Å². The van der Waals surface area contributed by atoms with Gasteiger partial charge >= 0.3 is 0 Å². The molecule has 0 aliphatic carbocycles. The van der Waals surface area contributed by atoms with Crippen molar-refractivity contribution in [1.29, 1.82) is 0 Å². The lowest BCUT2D eigenvalue weighted by Crippen LogP contribution is -2.12. The highest BCUT2D eigenvalue weighted by atomic mass is 79.9. The highest BCUT2D eigenvalue weighted by Gasteiger charge is 2.19. The Bertz CT molecular complexity index is 411. The van der Waals surface area contributed by atoms with Crippen LogP contribution >= 0.6 is 15.9 Å². The molecule has 17 heavy (non-hydrogen) atoms. The van der Waals surface area contributed by atoms with Gasteiger partial charge < -0.3 is 10.1 Å². The van der Waals surface area contributed by atoms with Crippen LogP contribution < -0.4 is 10.1 Å². The zero-order valence-electron chi connectivity index (χ0n) is 10.8. The zero-order chi connectivity index (χ0) is 12.4. The molecule has 0 spiro atoms. The van der Waals surface area contributed by atoms with Gasteiger partial charge in [-0.3, -0.25) is 0 Å². The van der Waals surface area contributed by atoms with E-state index in [4.69, 9.17) is 4.74 Å². The molecule has 1 aliphatic rings. The molecule has 0 aromatic heterocycles. The largest absolute Gasteiger partial charge is 0.496 e. The highest BCUT2D eigenvalue weighted by Crippen LogP contribution is 2.34. The highest BCUT2D eigenvalue weighted by molar-refractivity contribution is 9.10. The molecule has 94 valence electrons. The standard InChI is InChI=1S/C14H20BrNO/c1-9-6-13(17-3)14(15)10(2)12(9)7-11-4-5-16-8-11/h6,11,16H,4-5,7-8H2,1-3H3. The van der Waals surface area contributed by atoms with Crippen LogP contribution in [0.4, 0.5) is 0 Å². The number of ether oxygens (including phenoxy) is 1. The van der Waals surface area contributed by atoms with Crippen molar-refractivity contribution in [3.05, 3.63) is 27.2 Å². The van der Waals surface area contributed by atoms with Crippen molar-refractivity contribution in [2.45, 2.75) is 26.7 Å². The van der Waals surface area contributed by atoms with E-state index in [0.717, 1.165) is 22.7 Å². The van der Waals surface area contributed by atoms with Crippen molar-refractivity contribution in [2.75, 3.05) is 20.2 Å². The molecule has 0 radical (unpaired) electrons. The Morgan fingerprint density at radius 1 is 1.47 bits per heavy atom. The minimum absolute atomic E-state index is 0.785. The molecule has 1 unspecified atom stereocenters. The van der Waals surface area contributed by atoms with E-state index in [1.165, 1.54) is 36.1 Å². The van der Waals surface area contributed by atoms with Crippen molar-refractivity contribution in [2.24, 2.45) is 5.92 Å². The van der Waals surface area contributed by atoms with E-state index >= 15 is 0 Å². The third-order valence-corrected chi connectivity index (χ3v) is 4.68. The van der Waals surface area contributed by atoms with Gasteiger partial charge in [0.1, 0.15) is 5.75 Å². The van der Waals surface area contributed by atoms with E-state index in [2.05, 4.69) is 41.2 Å². The lowest BCUT2D eigenvalue weighted by atomic mass is 9.92. The van der Waals surface area contributed by atoms with E-state index in [1.54, 1.807) is 7.11 Å². The Hall–Kier alpha value is -0.540. The summed E-state index contributed by atoms with van der Waals surface area (Å²) in [6.07, 6.45) is 2.47. The molecule has 1 aromatic rings. The first-order valence-electron chi connectivity index (χ1n) is 6.16. The zero-order valence-corrected chi connectivity index (χ0v) is 12.4. The summed E-state index contributed by atoms with van der Waals surface area (Å²) in [5.74, 6) is 1.72. The van der Waals surface area contributed by atoms with Gasteiger partial charge in [-0.15, -0.1) is 0 Å². The summed E-state index contributed by atoms with van der Waals surface area (Å²) in [4.78, 5) is 0. The minimum Gasteiger partial charge on any atom is -0.496 e. The van der Waals surface area contributed by atoms with E-state index in [0.29, 0.717) is 0 Å². The molecule has 0 saturated carbocycles. The Morgan fingerprint density at radius 2 is 2.24 bits per heavy atom. The Kier molecular flexibility index (Phi) is 4.10. The van der Waals surface area contributed by atoms with Gasteiger partial charge in [0.05, 0.1) is 11.6 Å². The molecular formula is C14H20BrNO. The molecule has 1 aromatic carbocycles. The molecule has 1 fully saturated rings. The van der Waals surface area contributed by atoms with Crippen LogP contribution in [0.25, 0.3) is 0 Å². The van der Waals surface area contributed by atoms with Crippen LogP contribution in [0.2, 0.25) is 0 Å². The number of hydrogen-bond donors (Lipinski definition) is 1. The molecule has 2 rings (SSSR count). The van der Waals surface area contributed by atoms with Crippen molar-refractivity contribution in [3.63, 3.8) is 0 Å². The second kappa shape index (κ2) is 5.40.